The van der Waals surface area contributed by atoms with Crippen LogP contribution >= 0.6 is 0 Å². The summed E-state index contributed by atoms with van der Waals surface area (Å²) in [5.41, 5.74) is -0.945. The van der Waals surface area contributed by atoms with Gasteiger partial charge < -0.3 is 30.0 Å². The molecule has 33 heavy (non-hydrogen) atoms. The van der Waals surface area contributed by atoms with Crippen LogP contribution in [0, 0.1) is 0 Å². The second kappa shape index (κ2) is 10.2. The fourth-order valence-electron chi connectivity index (χ4n) is 4.33. The van der Waals surface area contributed by atoms with Gasteiger partial charge in [0.1, 0.15) is 18.0 Å². The zero-order valence-corrected chi connectivity index (χ0v) is 20.6. The molecule has 2 saturated heterocycles. The summed E-state index contributed by atoms with van der Waals surface area (Å²) in [5, 5.41) is 16.9. The second-order valence-electron chi connectivity index (χ2n) is 9.99. The highest BCUT2D eigenvalue weighted by atomic mass is 32.2. The summed E-state index contributed by atoms with van der Waals surface area (Å²) < 4.78 is 41.0. The van der Waals surface area contributed by atoms with Gasteiger partial charge in [0.2, 0.25) is 0 Å². The zero-order valence-electron chi connectivity index (χ0n) is 19.8. The third-order valence-electron chi connectivity index (χ3n) is 5.84. The average molecular weight is 485 g/mol. The van der Waals surface area contributed by atoms with E-state index in [0.717, 1.165) is 32.2 Å². The van der Waals surface area contributed by atoms with E-state index in [-0.39, 0.29) is 29.6 Å². The van der Waals surface area contributed by atoms with E-state index in [2.05, 4.69) is 10.6 Å². The number of benzene rings is 1. The molecule has 1 aromatic rings. The van der Waals surface area contributed by atoms with Crippen molar-refractivity contribution in [2.24, 2.45) is 0 Å². The molecule has 2 aliphatic rings. The van der Waals surface area contributed by atoms with Crippen LogP contribution < -0.4 is 15.4 Å². The van der Waals surface area contributed by atoms with Gasteiger partial charge in [-0.1, -0.05) is 6.07 Å². The molecule has 9 nitrogen and oxygen atoms in total. The molecule has 3 atom stereocenters. The summed E-state index contributed by atoms with van der Waals surface area (Å²) in [6, 6.07) is 5.88. The van der Waals surface area contributed by atoms with Gasteiger partial charge in [-0.15, -0.1) is 0 Å². The van der Waals surface area contributed by atoms with E-state index in [1.54, 1.807) is 12.1 Å². The predicted octanol–water partition coefficient (Wildman–Crippen LogP) is 2.02. The van der Waals surface area contributed by atoms with Crippen LogP contribution in [-0.2, 0) is 19.3 Å². The van der Waals surface area contributed by atoms with Crippen molar-refractivity contribution in [3.63, 3.8) is 0 Å². The standard InChI is InChI=1S/C23H36N2O7S/c1-22(2,3)32-21(27)25-19-14-23(8-10-24-11-9-23)31-20(19)12-16(26)15-30-17-6-5-7-18(13-17)33(4,28)29/h5-7,13,16,19-20,24,26H,8-12,14-15H2,1-4H3,(H,25,27)/t16?,19?,20-/m0/s1. The largest absolute Gasteiger partial charge is 0.491 e. The normalized spacial score (nSPS) is 23.8. The lowest BCUT2D eigenvalue weighted by atomic mass is 9.87. The number of hydrogen-bond donors (Lipinski definition) is 3. The van der Waals surface area contributed by atoms with Crippen molar-refractivity contribution in [1.82, 2.24) is 10.6 Å². The minimum atomic E-state index is -3.35. The van der Waals surface area contributed by atoms with Gasteiger partial charge in [-0.25, -0.2) is 13.2 Å². The van der Waals surface area contributed by atoms with E-state index >= 15 is 0 Å². The molecule has 0 aliphatic carbocycles. The number of carbonyl (C=O) groups excluding carboxylic acids is 1. The molecule has 2 fully saturated rings. The molecule has 0 radical (unpaired) electrons. The maximum absolute atomic E-state index is 12.4. The number of ether oxygens (including phenoxy) is 3. The predicted molar refractivity (Wildman–Crippen MR) is 123 cm³/mol. The van der Waals surface area contributed by atoms with Gasteiger partial charge in [0.25, 0.3) is 0 Å². The first-order chi connectivity index (χ1) is 15.4. The lowest BCUT2D eigenvalue weighted by Crippen LogP contribution is -2.45. The SMILES string of the molecule is CC(C)(C)OC(=O)NC1CC2(CCNCC2)O[C@H]1CC(O)COc1cccc(S(C)(=O)=O)c1. The Morgan fingerprint density at radius 1 is 1.33 bits per heavy atom. The number of amides is 1. The number of piperidine rings is 1. The lowest BCUT2D eigenvalue weighted by molar-refractivity contribution is -0.0768. The number of alkyl carbamates (subject to hydrolysis) is 1. The molecule has 2 aliphatic heterocycles. The van der Waals surface area contributed by atoms with Gasteiger partial charge in [-0.3, -0.25) is 0 Å². The topological polar surface area (TPSA) is 123 Å². The fraction of sp³-hybridized carbons (Fsp3) is 0.696. The Bertz CT molecular complexity index is 923. The average Bonchev–Trinajstić information content (AvgIpc) is 3.00. The summed E-state index contributed by atoms with van der Waals surface area (Å²) in [5.74, 6) is 0.363. The molecule has 3 rings (SSSR count). The Morgan fingerprint density at radius 2 is 2.03 bits per heavy atom. The maximum atomic E-state index is 12.4. The first-order valence-electron chi connectivity index (χ1n) is 11.3. The monoisotopic (exact) mass is 484 g/mol. The Kier molecular flexibility index (Phi) is 7.93. The van der Waals surface area contributed by atoms with E-state index in [1.165, 1.54) is 12.1 Å². The van der Waals surface area contributed by atoms with Crippen LogP contribution in [0.5, 0.6) is 5.75 Å². The molecule has 1 aromatic carbocycles. The Labute approximate surface area is 196 Å². The number of rotatable bonds is 7. The highest BCUT2D eigenvalue weighted by Gasteiger charge is 2.48. The van der Waals surface area contributed by atoms with Gasteiger partial charge >= 0.3 is 6.09 Å². The summed E-state index contributed by atoms with van der Waals surface area (Å²) in [4.78, 5) is 12.6. The van der Waals surface area contributed by atoms with Crippen molar-refractivity contribution in [1.29, 1.82) is 0 Å². The van der Waals surface area contributed by atoms with Crippen molar-refractivity contribution >= 4 is 15.9 Å². The highest BCUT2D eigenvalue weighted by molar-refractivity contribution is 7.90. The number of hydrogen-bond acceptors (Lipinski definition) is 8. The van der Waals surface area contributed by atoms with Gasteiger partial charge in [0.05, 0.1) is 28.7 Å². The number of aliphatic hydroxyl groups excluding tert-OH is 1. The third-order valence-corrected chi connectivity index (χ3v) is 6.95. The molecule has 3 N–H and O–H groups in total. The van der Waals surface area contributed by atoms with Gasteiger partial charge in [0.15, 0.2) is 9.84 Å². The van der Waals surface area contributed by atoms with Crippen LogP contribution in [0.2, 0.25) is 0 Å². The zero-order chi connectivity index (χ0) is 24.3. The number of aliphatic hydroxyl groups is 1. The molecule has 1 spiro atoms. The van der Waals surface area contributed by atoms with Crippen molar-refractivity contribution in [3.05, 3.63) is 24.3 Å². The molecule has 0 aromatic heterocycles. The molecular weight excluding hydrogens is 448 g/mol. The van der Waals surface area contributed by atoms with Crippen LogP contribution in [0.1, 0.15) is 46.5 Å². The molecular formula is C23H36N2O7S. The molecule has 0 bridgehead atoms. The van der Waals surface area contributed by atoms with Crippen LogP contribution in [0.4, 0.5) is 4.79 Å². The first kappa shape index (κ1) is 25.7. The Morgan fingerprint density at radius 3 is 2.67 bits per heavy atom. The Hall–Kier alpha value is -1.88. The maximum Gasteiger partial charge on any atom is 0.407 e. The number of nitrogens with one attached hydrogen (secondary N) is 2. The van der Waals surface area contributed by atoms with E-state index < -0.39 is 33.7 Å². The van der Waals surface area contributed by atoms with Crippen molar-refractivity contribution in [2.75, 3.05) is 26.0 Å². The van der Waals surface area contributed by atoms with Crippen LogP contribution in [0.15, 0.2) is 29.2 Å². The van der Waals surface area contributed by atoms with Crippen molar-refractivity contribution in [2.45, 2.75) is 80.8 Å². The van der Waals surface area contributed by atoms with Crippen LogP contribution in [-0.4, -0.2) is 75.0 Å². The highest BCUT2D eigenvalue weighted by Crippen LogP contribution is 2.39. The second-order valence-corrected chi connectivity index (χ2v) is 12.0. The molecule has 2 unspecified atom stereocenters. The summed E-state index contributed by atoms with van der Waals surface area (Å²) in [6.07, 6.45) is 1.96. The van der Waals surface area contributed by atoms with E-state index in [4.69, 9.17) is 14.2 Å². The van der Waals surface area contributed by atoms with Crippen LogP contribution in [0.25, 0.3) is 0 Å². The summed E-state index contributed by atoms with van der Waals surface area (Å²) in [6.45, 7) is 7.08. The first-order valence-corrected chi connectivity index (χ1v) is 13.2. The van der Waals surface area contributed by atoms with Gasteiger partial charge in [-0.2, -0.15) is 0 Å². The number of sulfone groups is 1. The van der Waals surface area contributed by atoms with E-state index in [0.29, 0.717) is 12.2 Å². The number of carbonyl (C=O) groups is 1. The molecule has 2 heterocycles. The smallest absolute Gasteiger partial charge is 0.407 e. The van der Waals surface area contributed by atoms with E-state index in [9.17, 15) is 18.3 Å². The molecule has 0 saturated carbocycles. The minimum Gasteiger partial charge on any atom is -0.491 e. The summed E-state index contributed by atoms with van der Waals surface area (Å²) in [7, 11) is -3.35. The van der Waals surface area contributed by atoms with Crippen LogP contribution in [0.3, 0.4) is 0 Å². The third kappa shape index (κ3) is 7.56. The molecule has 1 amide bonds. The van der Waals surface area contributed by atoms with Crippen molar-refractivity contribution < 1.29 is 32.5 Å². The quantitative estimate of drug-likeness (QED) is 0.537. The molecule has 186 valence electrons. The van der Waals surface area contributed by atoms with Gasteiger partial charge in [0, 0.05) is 12.7 Å². The Balaban J connectivity index is 1.62. The fourth-order valence-corrected chi connectivity index (χ4v) is 4.98. The van der Waals surface area contributed by atoms with Gasteiger partial charge in [-0.05, 0) is 71.3 Å². The lowest BCUT2D eigenvalue weighted by Gasteiger charge is -2.33. The summed E-state index contributed by atoms with van der Waals surface area (Å²) >= 11 is 0. The molecule has 10 heteroatoms. The van der Waals surface area contributed by atoms with Crippen molar-refractivity contribution in [3.8, 4) is 5.75 Å². The van der Waals surface area contributed by atoms with E-state index in [1.807, 2.05) is 20.8 Å². The minimum absolute atomic E-state index is 0.0270.